The molecule has 0 radical (unpaired) electrons. The van der Waals surface area contributed by atoms with E-state index >= 15 is 0 Å². The minimum Gasteiger partial charge on any atom is -0.448 e. The number of carbonyl (C=O) groups excluding carboxylic acids is 2. The second-order valence-electron chi connectivity index (χ2n) is 5.86. The fourth-order valence-electron chi connectivity index (χ4n) is 2.16. The summed E-state index contributed by atoms with van der Waals surface area (Å²) in [4.78, 5) is 36.6. The number of aryl methyl sites for hydroxylation is 2. The van der Waals surface area contributed by atoms with E-state index in [0.717, 1.165) is 0 Å². The second-order valence-corrected chi connectivity index (χ2v) is 5.86. The van der Waals surface area contributed by atoms with E-state index in [1.54, 1.807) is 27.7 Å². The van der Waals surface area contributed by atoms with Gasteiger partial charge in [-0.15, -0.1) is 0 Å². The summed E-state index contributed by atoms with van der Waals surface area (Å²) in [5.41, 5.74) is -0.141. The van der Waals surface area contributed by atoms with Gasteiger partial charge >= 0.3 is 11.9 Å². The molecule has 28 heavy (non-hydrogen) atoms. The van der Waals surface area contributed by atoms with Gasteiger partial charge in [-0.1, -0.05) is 16.4 Å². The maximum atomic E-state index is 12.3. The van der Waals surface area contributed by atoms with E-state index in [1.165, 1.54) is 18.2 Å². The van der Waals surface area contributed by atoms with Crippen molar-refractivity contribution in [3.05, 3.63) is 53.0 Å². The normalized spacial score (nSPS) is 13.0. The van der Waals surface area contributed by atoms with E-state index in [4.69, 9.17) is 18.5 Å². The van der Waals surface area contributed by atoms with Crippen molar-refractivity contribution < 1.29 is 28.1 Å². The summed E-state index contributed by atoms with van der Waals surface area (Å²) in [6.45, 7) is 6.46. The standard InChI is InChI=1S/C17H17N5O6/c1-8(14-18-10(3)21-27-14)25-16(23)12-6-5-7-13(20-12)17(24)26-9(2)15-19-11(4)22-28-15/h5-9H,1-4H3. The molecule has 0 aliphatic heterocycles. The molecule has 0 N–H and O–H groups in total. The molecular formula is C17H17N5O6. The van der Waals surface area contributed by atoms with Gasteiger partial charge in [0.1, 0.15) is 11.4 Å². The first-order chi connectivity index (χ1) is 13.3. The number of ether oxygens (including phenoxy) is 2. The fraction of sp³-hybridized carbons (Fsp3) is 0.353. The van der Waals surface area contributed by atoms with E-state index in [0.29, 0.717) is 11.6 Å². The topological polar surface area (TPSA) is 143 Å². The molecule has 3 aromatic heterocycles. The maximum absolute atomic E-state index is 12.3. The van der Waals surface area contributed by atoms with Crippen molar-refractivity contribution in [3.63, 3.8) is 0 Å². The number of hydrogen-bond acceptors (Lipinski definition) is 11. The highest BCUT2D eigenvalue weighted by Gasteiger charge is 2.23. The lowest BCUT2D eigenvalue weighted by atomic mass is 10.3. The molecule has 146 valence electrons. The largest absolute Gasteiger partial charge is 0.448 e. The Morgan fingerprint density at radius 2 is 1.25 bits per heavy atom. The number of aromatic nitrogens is 5. The summed E-state index contributed by atoms with van der Waals surface area (Å²) in [6, 6.07) is 4.31. The summed E-state index contributed by atoms with van der Waals surface area (Å²) < 4.78 is 20.4. The molecule has 0 spiro atoms. The van der Waals surface area contributed by atoms with E-state index in [9.17, 15) is 9.59 Å². The first kappa shape index (κ1) is 19.1. The van der Waals surface area contributed by atoms with Crippen LogP contribution in [0.25, 0.3) is 0 Å². The Labute approximate surface area is 159 Å². The van der Waals surface area contributed by atoms with Crippen molar-refractivity contribution >= 4 is 11.9 Å². The molecule has 3 rings (SSSR count). The van der Waals surface area contributed by atoms with Crippen LogP contribution in [0.3, 0.4) is 0 Å². The molecule has 0 bridgehead atoms. The Bertz CT molecular complexity index is 922. The zero-order valence-electron chi connectivity index (χ0n) is 15.6. The molecule has 11 heteroatoms. The van der Waals surface area contributed by atoms with Gasteiger partial charge in [-0.3, -0.25) is 0 Å². The number of carbonyl (C=O) groups is 2. The lowest BCUT2D eigenvalue weighted by Crippen LogP contribution is -2.15. The molecule has 11 nitrogen and oxygen atoms in total. The van der Waals surface area contributed by atoms with Gasteiger partial charge in [-0.05, 0) is 39.8 Å². The SMILES string of the molecule is Cc1noc(C(C)OC(=O)c2cccc(C(=O)OC(C)c3nc(C)no3)n2)n1. The van der Waals surface area contributed by atoms with Crippen LogP contribution < -0.4 is 0 Å². The van der Waals surface area contributed by atoms with Crippen LogP contribution in [-0.4, -0.2) is 37.2 Å². The van der Waals surface area contributed by atoms with Crippen LogP contribution in [0.4, 0.5) is 0 Å². The molecule has 0 aromatic carbocycles. The summed E-state index contributed by atoms with van der Waals surface area (Å²) >= 11 is 0. The van der Waals surface area contributed by atoms with Crippen molar-refractivity contribution in [1.29, 1.82) is 0 Å². The Morgan fingerprint density at radius 1 is 0.821 bits per heavy atom. The van der Waals surface area contributed by atoms with Gasteiger partial charge in [0, 0.05) is 0 Å². The van der Waals surface area contributed by atoms with Crippen LogP contribution in [-0.2, 0) is 9.47 Å². The molecular weight excluding hydrogens is 370 g/mol. The van der Waals surface area contributed by atoms with E-state index in [-0.39, 0.29) is 23.2 Å². The fourth-order valence-corrected chi connectivity index (χ4v) is 2.16. The third kappa shape index (κ3) is 4.37. The molecule has 0 aliphatic rings. The maximum Gasteiger partial charge on any atom is 0.357 e. The van der Waals surface area contributed by atoms with Crippen LogP contribution in [0.1, 0.15) is 70.5 Å². The highest BCUT2D eigenvalue weighted by molar-refractivity contribution is 5.91. The minimum absolute atomic E-state index is 0.0705. The van der Waals surface area contributed by atoms with Crippen molar-refractivity contribution in [2.75, 3.05) is 0 Å². The van der Waals surface area contributed by atoms with Crippen LogP contribution in [0.15, 0.2) is 27.2 Å². The predicted octanol–water partition coefficient (Wildman–Crippen LogP) is 2.30. The zero-order chi connectivity index (χ0) is 20.3. The van der Waals surface area contributed by atoms with E-state index < -0.39 is 24.1 Å². The molecule has 0 aliphatic carbocycles. The van der Waals surface area contributed by atoms with Gasteiger partial charge in [0.25, 0.3) is 11.8 Å². The summed E-state index contributed by atoms with van der Waals surface area (Å²) in [7, 11) is 0. The van der Waals surface area contributed by atoms with Gasteiger partial charge in [0.15, 0.2) is 23.9 Å². The summed E-state index contributed by atoms with van der Waals surface area (Å²) in [5, 5.41) is 7.28. The number of hydrogen-bond donors (Lipinski definition) is 0. The molecule has 3 aromatic rings. The Balaban J connectivity index is 1.67. The number of nitrogens with zero attached hydrogens (tertiary/aromatic N) is 5. The van der Waals surface area contributed by atoms with Crippen LogP contribution in [0.2, 0.25) is 0 Å². The lowest BCUT2D eigenvalue weighted by molar-refractivity contribution is 0.0249. The van der Waals surface area contributed by atoms with Gasteiger partial charge < -0.3 is 18.5 Å². The monoisotopic (exact) mass is 387 g/mol. The quantitative estimate of drug-likeness (QED) is 0.574. The Hall–Kier alpha value is -3.63. The summed E-state index contributed by atoms with van der Waals surface area (Å²) in [5.74, 6) is -0.343. The first-order valence-corrected chi connectivity index (χ1v) is 8.33. The highest BCUT2D eigenvalue weighted by atomic mass is 16.6. The molecule has 0 fully saturated rings. The second kappa shape index (κ2) is 7.94. The number of pyridine rings is 1. The van der Waals surface area contributed by atoms with Crippen LogP contribution >= 0.6 is 0 Å². The predicted molar refractivity (Wildman–Crippen MR) is 90.0 cm³/mol. The van der Waals surface area contributed by atoms with Crippen molar-refractivity contribution in [2.24, 2.45) is 0 Å². The van der Waals surface area contributed by atoms with Crippen molar-refractivity contribution in [2.45, 2.75) is 39.9 Å². The number of rotatable bonds is 6. The Morgan fingerprint density at radius 3 is 1.61 bits per heavy atom. The van der Waals surface area contributed by atoms with Crippen LogP contribution in [0.5, 0.6) is 0 Å². The number of esters is 2. The molecule has 0 amide bonds. The molecule has 2 atom stereocenters. The third-order valence-corrected chi connectivity index (χ3v) is 3.52. The third-order valence-electron chi connectivity index (χ3n) is 3.52. The molecule has 0 saturated carbocycles. The minimum atomic E-state index is -0.771. The molecule has 0 saturated heterocycles. The molecule has 2 unspecified atom stereocenters. The summed E-state index contributed by atoms with van der Waals surface area (Å²) in [6.07, 6.45) is -1.54. The smallest absolute Gasteiger partial charge is 0.357 e. The van der Waals surface area contributed by atoms with Gasteiger partial charge in [0.05, 0.1) is 0 Å². The average molecular weight is 387 g/mol. The molecule has 3 heterocycles. The van der Waals surface area contributed by atoms with E-state index in [1.807, 2.05) is 0 Å². The van der Waals surface area contributed by atoms with E-state index in [2.05, 4.69) is 25.3 Å². The van der Waals surface area contributed by atoms with Gasteiger partial charge in [0.2, 0.25) is 0 Å². The van der Waals surface area contributed by atoms with Gasteiger partial charge in [-0.2, -0.15) is 9.97 Å². The van der Waals surface area contributed by atoms with Gasteiger partial charge in [-0.25, -0.2) is 14.6 Å². The van der Waals surface area contributed by atoms with Crippen LogP contribution in [0, 0.1) is 13.8 Å². The first-order valence-electron chi connectivity index (χ1n) is 8.33. The van der Waals surface area contributed by atoms with Crippen molar-refractivity contribution in [1.82, 2.24) is 25.3 Å². The average Bonchev–Trinajstić information content (AvgIpc) is 3.30. The lowest BCUT2D eigenvalue weighted by Gasteiger charge is -2.10. The highest BCUT2D eigenvalue weighted by Crippen LogP contribution is 2.18. The Kier molecular flexibility index (Phi) is 5.43. The zero-order valence-corrected chi connectivity index (χ0v) is 15.6. The van der Waals surface area contributed by atoms with Crippen molar-refractivity contribution in [3.8, 4) is 0 Å².